The second-order valence-electron chi connectivity index (χ2n) is 9.91. The highest BCUT2D eigenvalue weighted by Crippen LogP contribution is 2.24. The van der Waals surface area contributed by atoms with Crippen molar-refractivity contribution in [1.82, 2.24) is 20.2 Å². The minimum Gasteiger partial charge on any atom is -0.361 e. The Morgan fingerprint density at radius 2 is 1.09 bits per heavy atom. The molecule has 2 heterocycles. The average molecular weight is 479 g/mol. The molecule has 0 aliphatic carbocycles. The van der Waals surface area contributed by atoms with Gasteiger partial charge in [0.2, 0.25) is 0 Å². The first-order valence-corrected chi connectivity index (χ1v) is 13.1. The molecule has 0 spiro atoms. The summed E-state index contributed by atoms with van der Waals surface area (Å²) in [6.45, 7) is 17.0. The Morgan fingerprint density at radius 3 is 1.49 bits per heavy atom. The van der Waals surface area contributed by atoms with E-state index >= 15 is 0 Å². The quantitative estimate of drug-likeness (QED) is 0.265. The van der Waals surface area contributed by atoms with E-state index in [-0.39, 0.29) is 11.1 Å². The largest absolute Gasteiger partial charge is 0.361 e. The molecule has 4 rings (SSSR count). The maximum atomic E-state index is 3.33. The van der Waals surface area contributed by atoms with Gasteiger partial charge in [0.1, 0.15) is 0 Å². The maximum Gasteiger partial charge on any atom is 0.0456 e. The molecule has 2 aromatic carbocycles. The van der Waals surface area contributed by atoms with Crippen LogP contribution in [0.15, 0.2) is 60.9 Å². The molecule has 0 unspecified atom stereocenters. The summed E-state index contributed by atoms with van der Waals surface area (Å²) in [4.78, 5) is 8.91. The van der Waals surface area contributed by atoms with Gasteiger partial charge in [-0.3, -0.25) is 0 Å². The molecular formula is C31H50N4. The molecule has 4 aromatic rings. The normalized spacial score (nSPS) is 11.3. The van der Waals surface area contributed by atoms with E-state index in [1.165, 1.54) is 32.9 Å². The van der Waals surface area contributed by atoms with E-state index in [0.717, 1.165) is 12.8 Å². The van der Waals surface area contributed by atoms with Crippen LogP contribution in [0.4, 0.5) is 0 Å². The van der Waals surface area contributed by atoms with E-state index in [1.54, 1.807) is 0 Å². The van der Waals surface area contributed by atoms with Gasteiger partial charge >= 0.3 is 0 Å². The highest BCUT2D eigenvalue weighted by Gasteiger charge is 2.22. The Kier molecular flexibility index (Phi) is 12.3. The fourth-order valence-corrected chi connectivity index (χ4v) is 3.74. The van der Waals surface area contributed by atoms with Crippen LogP contribution in [0.5, 0.6) is 0 Å². The van der Waals surface area contributed by atoms with Crippen molar-refractivity contribution in [2.45, 2.75) is 79.3 Å². The van der Waals surface area contributed by atoms with Crippen LogP contribution in [0.3, 0.4) is 0 Å². The lowest BCUT2D eigenvalue weighted by atomic mass is 9.93. The second-order valence-corrected chi connectivity index (χ2v) is 9.91. The predicted octanol–water partition coefficient (Wildman–Crippen LogP) is 7.81. The Hall–Kier alpha value is -2.56. The zero-order valence-corrected chi connectivity index (χ0v) is 24.1. The van der Waals surface area contributed by atoms with E-state index in [9.17, 15) is 0 Å². The number of nitrogens with one attached hydrogen (secondary N) is 3. The monoisotopic (exact) mass is 478 g/mol. The Balaban J connectivity index is 0.000000307. The van der Waals surface area contributed by atoms with Gasteiger partial charge in [-0.2, -0.15) is 0 Å². The average Bonchev–Trinajstić information content (AvgIpc) is 3.46. The van der Waals surface area contributed by atoms with Crippen molar-refractivity contribution in [3.8, 4) is 0 Å². The number of hydrogen-bond acceptors (Lipinski definition) is 2. The smallest absolute Gasteiger partial charge is 0.0456 e. The molecule has 0 saturated carbocycles. The third kappa shape index (κ3) is 8.55. The Morgan fingerprint density at radius 1 is 0.686 bits per heavy atom. The molecule has 35 heavy (non-hydrogen) atoms. The molecule has 3 N–H and O–H groups in total. The molecule has 4 heteroatoms. The first-order valence-electron chi connectivity index (χ1n) is 13.1. The van der Waals surface area contributed by atoms with Crippen LogP contribution in [-0.4, -0.2) is 47.1 Å². The standard InChI is InChI=1S/C14H20N2.C13H18N2.2C2H6/c1-14(2,16(3)4)9-11-10-15-13-8-6-5-7-12(11)13;1-13(2,14-3)8-10-9-15-12-7-5-4-6-11(10)12;2*1-2/h5-8,10,15H,9H2,1-4H3;4-7,9,14-15H,8H2,1-3H3;2*1-2H3. The van der Waals surface area contributed by atoms with Crippen LogP contribution in [-0.2, 0) is 12.8 Å². The molecule has 194 valence electrons. The van der Waals surface area contributed by atoms with E-state index in [0.29, 0.717) is 0 Å². The number of fused-ring (bicyclic) bond motifs is 2. The van der Waals surface area contributed by atoms with Crippen LogP contribution in [0.25, 0.3) is 21.8 Å². The summed E-state index contributed by atoms with van der Waals surface area (Å²) >= 11 is 0. The first-order chi connectivity index (χ1) is 16.6. The number of H-pyrrole nitrogens is 2. The third-order valence-electron chi connectivity index (χ3n) is 6.49. The molecular weight excluding hydrogens is 428 g/mol. The third-order valence-corrected chi connectivity index (χ3v) is 6.49. The fourth-order valence-electron chi connectivity index (χ4n) is 3.74. The SMILES string of the molecule is CC.CC.CN(C)C(C)(C)Cc1c[nH]c2ccccc12.CNC(C)(C)Cc1c[nH]c2ccccc12. The molecule has 0 saturated heterocycles. The number of aromatic amines is 2. The van der Waals surface area contributed by atoms with Gasteiger partial charge in [-0.05, 0) is 84.9 Å². The van der Waals surface area contributed by atoms with Gasteiger partial charge in [-0.25, -0.2) is 0 Å². The first kappa shape index (κ1) is 30.5. The van der Waals surface area contributed by atoms with Gasteiger partial charge in [0, 0.05) is 45.3 Å². The predicted molar refractivity (Wildman–Crippen MR) is 158 cm³/mol. The summed E-state index contributed by atoms with van der Waals surface area (Å²) in [5.41, 5.74) is 5.56. The number of nitrogens with zero attached hydrogens (tertiary/aromatic N) is 1. The van der Waals surface area contributed by atoms with Crippen molar-refractivity contribution in [3.05, 3.63) is 72.1 Å². The minimum atomic E-state index is 0.144. The summed E-state index contributed by atoms with van der Waals surface area (Å²) < 4.78 is 0. The maximum absolute atomic E-state index is 3.33. The molecule has 0 fully saturated rings. The van der Waals surface area contributed by atoms with Crippen molar-refractivity contribution in [2.24, 2.45) is 0 Å². The molecule has 0 aliphatic rings. The van der Waals surface area contributed by atoms with Crippen molar-refractivity contribution in [3.63, 3.8) is 0 Å². The number of benzene rings is 2. The summed E-state index contributed by atoms with van der Waals surface area (Å²) in [5.74, 6) is 0. The Bertz CT molecular complexity index is 1120. The number of rotatable bonds is 6. The molecule has 0 amide bonds. The van der Waals surface area contributed by atoms with Crippen LogP contribution in [0, 0.1) is 0 Å². The Labute approximate surface area is 214 Å². The van der Waals surface area contributed by atoms with Gasteiger partial charge in [0.05, 0.1) is 0 Å². The van der Waals surface area contributed by atoms with E-state index < -0.39 is 0 Å². The molecule has 4 nitrogen and oxygen atoms in total. The van der Waals surface area contributed by atoms with Gasteiger partial charge in [-0.1, -0.05) is 64.1 Å². The van der Waals surface area contributed by atoms with E-state index in [1.807, 2.05) is 34.7 Å². The van der Waals surface area contributed by atoms with Crippen LogP contribution in [0.1, 0.15) is 66.5 Å². The molecule has 2 aromatic heterocycles. The molecule has 0 radical (unpaired) electrons. The van der Waals surface area contributed by atoms with Crippen LogP contribution < -0.4 is 5.32 Å². The van der Waals surface area contributed by atoms with Crippen LogP contribution >= 0.6 is 0 Å². The van der Waals surface area contributed by atoms with Crippen molar-refractivity contribution < 1.29 is 0 Å². The van der Waals surface area contributed by atoms with Gasteiger partial charge < -0.3 is 20.2 Å². The fraction of sp³-hybridized carbons (Fsp3) is 0.484. The second kappa shape index (κ2) is 14.1. The van der Waals surface area contributed by atoms with E-state index in [4.69, 9.17) is 0 Å². The number of para-hydroxylation sites is 2. The minimum absolute atomic E-state index is 0.144. The summed E-state index contributed by atoms with van der Waals surface area (Å²) in [6.07, 6.45) is 6.34. The lowest BCUT2D eigenvalue weighted by Gasteiger charge is -2.32. The zero-order valence-electron chi connectivity index (χ0n) is 24.1. The van der Waals surface area contributed by atoms with Gasteiger partial charge in [0.15, 0.2) is 0 Å². The molecule has 0 atom stereocenters. The number of hydrogen-bond donors (Lipinski definition) is 3. The summed E-state index contributed by atoms with van der Waals surface area (Å²) in [6, 6.07) is 16.9. The molecule has 0 aliphatic heterocycles. The van der Waals surface area contributed by atoms with Crippen molar-refractivity contribution in [1.29, 1.82) is 0 Å². The van der Waals surface area contributed by atoms with Gasteiger partial charge in [0.25, 0.3) is 0 Å². The highest BCUT2D eigenvalue weighted by molar-refractivity contribution is 5.83. The van der Waals surface area contributed by atoms with Crippen molar-refractivity contribution in [2.75, 3.05) is 21.1 Å². The summed E-state index contributed by atoms with van der Waals surface area (Å²) in [7, 11) is 6.28. The zero-order chi connectivity index (χ0) is 26.6. The van der Waals surface area contributed by atoms with Crippen LogP contribution in [0.2, 0.25) is 0 Å². The topological polar surface area (TPSA) is 46.9 Å². The molecule has 0 bridgehead atoms. The summed E-state index contributed by atoms with van der Waals surface area (Å²) in [5, 5.41) is 6.01. The van der Waals surface area contributed by atoms with E-state index in [2.05, 4.69) is 123 Å². The highest BCUT2D eigenvalue weighted by atomic mass is 15.1. The number of aromatic nitrogens is 2. The lowest BCUT2D eigenvalue weighted by molar-refractivity contribution is 0.195. The van der Waals surface area contributed by atoms with Crippen molar-refractivity contribution >= 4 is 21.8 Å². The lowest BCUT2D eigenvalue weighted by Crippen LogP contribution is -2.40. The van der Waals surface area contributed by atoms with Gasteiger partial charge in [-0.15, -0.1) is 0 Å². The number of likely N-dealkylation sites (N-methyl/N-ethyl adjacent to an activating group) is 2.